The number of allylic oxidation sites excluding steroid dienone is 1. The Morgan fingerprint density at radius 1 is 1.00 bits per heavy atom. The molecule has 4 aliphatic rings. The number of fused-ring (bicyclic) bond motifs is 2. The van der Waals surface area contributed by atoms with E-state index in [-0.39, 0.29) is 29.2 Å². The van der Waals surface area contributed by atoms with Gasteiger partial charge in [0.25, 0.3) is 29.4 Å². The fourth-order valence-corrected chi connectivity index (χ4v) is 12.6. The Kier molecular flexibility index (Phi) is 13.2. The second-order valence-electron chi connectivity index (χ2n) is 19.3. The van der Waals surface area contributed by atoms with Gasteiger partial charge in [0.15, 0.2) is 0 Å². The molecule has 5 heterocycles. The minimum atomic E-state index is -4.61. The van der Waals surface area contributed by atoms with E-state index in [9.17, 15) is 28.2 Å². The van der Waals surface area contributed by atoms with Gasteiger partial charge in [0.1, 0.15) is 30.3 Å². The lowest BCUT2D eigenvalue weighted by atomic mass is 9.72. The van der Waals surface area contributed by atoms with Gasteiger partial charge in [-0.3, -0.25) is 19.8 Å². The molecule has 360 valence electrons. The second kappa shape index (κ2) is 18.9. The van der Waals surface area contributed by atoms with Crippen molar-refractivity contribution in [3.8, 4) is 5.88 Å². The third-order valence-electron chi connectivity index (χ3n) is 14.0. The average molecular weight is 987 g/mol. The van der Waals surface area contributed by atoms with Crippen molar-refractivity contribution in [2.45, 2.75) is 38.0 Å². The van der Waals surface area contributed by atoms with Crippen LogP contribution in [0.2, 0.25) is 5.02 Å². The van der Waals surface area contributed by atoms with Crippen LogP contribution in [0.15, 0.2) is 89.5 Å². The van der Waals surface area contributed by atoms with Crippen LogP contribution in [0.1, 0.15) is 49.0 Å². The van der Waals surface area contributed by atoms with Crippen molar-refractivity contribution in [3.05, 3.63) is 111 Å². The van der Waals surface area contributed by atoms with Gasteiger partial charge in [0.05, 0.1) is 27.6 Å². The van der Waals surface area contributed by atoms with Gasteiger partial charge < -0.3 is 24.8 Å². The molecule has 3 aromatic carbocycles. The van der Waals surface area contributed by atoms with E-state index in [2.05, 4.69) is 50.8 Å². The van der Waals surface area contributed by atoms with Crippen molar-refractivity contribution in [1.82, 2.24) is 28.9 Å². The van der Waals surface area contributed by atoms with E-state index in [0.29, 0.717) is 49.1 Å². The number of carbonyl (C=O) groups excluding carboxylic acids is 1. The van der Waals surface area contributed by atoms with E-state index in [1.165, 1.54) is 28.8 Å². The maximum absolute atomic E-state index is 14.4. The van der Waals surface area contributed by atoms with E-state index in [4.69, 9.17) is 21.3 Å². The molecule has 1 amide bonds. The summed E-state index contributed by atoms with van der Waals surface area (Å²) in [5.74, 6) is -0.484. The minimum Gasteiger partial charge on any atom is -0.474 e. The molecule has 0 unspecified atom stereocenters. The van der Waals surface area contributed by atoms with E-state index >= 15 is 0 Å². The van der Waals surface area contributed by atoms with Crippen LogP contribution in [-0.2, 0) is 10.0 Å². The molecule has 2 saturated heterocycles. The van der Waals surface area contributed by atoms with Gasteiger partial charge in [0.2, 0.25) is 5.88 Å². The topological polar surface area (TPSA) is 193 Å². The van der Waals surface area contributed by atoms with Gasteiger partial charge >= 0.3 is 0 Å². The number of nitro groups is 1. The molecule has 0 saturated carbocycles. The molecule has 68 heavy (non-hydrogen) atoms. The molecule has 4 N–H and O–H groups in total. The molecule has 2 aromatic heterocycles. The Balaban J connectivity index is 0.962. The Bertz CT molecular complexity index is 2870. The summed E-state index contributed by atoms with van der Waals surface area (Å²) in [6, 6.07) is 21.0. The van der Waals surface area contributed by atoms with Gasteiger partial charge in [-0.2, -0.15) is 4.98 Å². The highest BCUT2D eigenvalue weighted by atomic mass is 35.5. The molecule has 9 rings (SSSR count). The first kappa shape index (κ1) is 47.7. The molecule has 0 radical (unpaired) electrons. The summed E-state index contributed by atoms with van der Waals surface area (Å²) in [4.78, 5) is 51.0. The number of carbonyl (C=O) groups is 1. The average Bonchev–Trinajstić information content (AvgIpc) is 3.77. The number of aromatic amines is 1. The lowest BCUT2D eigenvalue weighted by Gasteiger charge is -2.40. The summed E-state index contributed by atoms with van der Waals surface area (Å²) in [6.45, 7) is 12.6. The third kappa shape index (κ3) is 9.91. The molecule has 0 spiro atoms. The first-order valence-corrected chi connectivity index (χ1v) is 26.9. The number of aromatic nitrogens is 2. The SMILES string of the molecule is CN1CC(CNc2ccc(S(=O)(=O)NC(=O)c3ccc(N4CCN(CC5=C(c6ccc(Cl)cc6)CC(C)(C)CC5)CC4)cc3N3CCOc4nc5[nH]ccc5cc43)cc2[N+](=O)[O-])CN(C)[P+]1(C)O. The number of H-pyrrole nitrogens is 1. The van der Waals surface area contributed by atoms with Crippen molar-refractivity contribution < 1.29 is 27.8 Å². The number of piperazine rings is 1. The number of benzene rings is 3. The fraction of sp³-hybridized carbons (Fsp3) is 0.417. The number of ether oxygens (including phenoxy) is 1. The number of rotatable bonds is 12. The number of pyridine rings is 1. The minimum absolute atomic E-state index is 0.0351. The number of hydrogen-bond donors (Lipinski definition) is 4. The Morgan fingerprint density at radius 2 is 1.74 bits per heavy atom. The van der Waals surface area contributed by atoms with Crippen molar-refractivity contribution in [1.29, 1.82) is 0 Å². The monoisotopic (exact) mass is 985 g/mol. The smallest absolute Gasteiger partial charge is 0.293 e. The van der Waals surface area contributed by atoms with Crippen molar-refractivity contribution >= 4 is 80.4 Å². The highest BCUT2D eigenvalue weighted by Crippen LogP contribution is 2.58. The zero-order chi connectivity index (χ0) is 48.1. The highest BCUT2D eigenvalue weighted by Gasteiger charge is 2.46. The van der Waals surface area contributed by atoms with E-state index in [1.54, 1.807) is 12.3 Å². The normalized spacial score (nSPS) is 21.7. The lowest BCUT2D eigenvalue weighted by Crippen LogP contribution is -2.47. The summed E-state index contributed by atoms with van der Waals surface area (Å²) in [5, 5.41) is 17.0. The van der Waals surface area contributed by atoms with Gasteiger partial charge in [-0.25, -0.2) is 18.0 Å². The number of hydrogen-bond acceptors (Lipinski definition) is 14. The molecule has 3 aliphatic heterocycles. The highest BCUT2D eigenvalue weighted by molar-refractivity contribution is 7.90. The molecule has 2 fully saturated rings. The number of nitrogens with one attached hydrogen (secondary N) is 3. The molecule has 5 aromatic rings. The van der Waals surface area contributed by atoms with E-state index in [0.717, 1.165) is 74.1 Å². The van der Waals surface area contributed by atoms with E-state index in [1.807, 2.05) is 71.4 Å². The van der Waals surface area contributed by atoms with Crippen LogP contribution in [0.25, 0.3) is 16.6 Å². The van der Waals surface area contributed by atoms with Crippen LogP contribution in [-0.4, -0.2) is 135 Å². The van der Waals surface area contributed by atoms with Crippen LogP contribution in [0, 0.1) is 21.4 Å². The first-order valence-electron chi connectivity index (χ1n) is 22.9. The van der Waals surface area contributed by atoms with Crippen LogP contribution in [0.5, 0.6) is 5.88 Å². The predicted octanol–water partition coefficient (Wildman–Crippen LogP) is 7.85. The van der Waals surface area contributed by atoms with Crippen molar-refractivity contribution in [2.75, 3.05) is 101 Å². The third-order valence-corrected chi connectivity index (χ3v) is 18.5. The molecular formula is C48H59ClN10O7PS+. The quantitative estimate of drug-likeness (QED) is 0.0537. The standard InChI is InChI=1S/C48H58ClN10O7PS/c1-48(2)16-14-35(40(27-48)33-6-8-36(49)9-7-33)31-56-18-20-57(21-19-56)37-10-12-39(42(25-37)58-22-23-66-47-44(58)24-34-15-17-50-45(34)52-47)46(60)53-68(64,65)38-11-13-41(43(26-38)59(61)62)51-28-32-29-54(3)67(5,63)55(4)30-32/h6-13,15,17,24-26,32,51,63H,14,16,18-23,27-31H2,1-5H3,(H-,50,52,53,60)/p+1. The van der Waals surface area contributed by atoms with Gasteiger partial charge in [-0.05, 0) is 90.4 Å². The van der Waals surface area contributed by atoms with Crippen molar-refractivity contribution in [2.24, 2.45) is 11.3 Å². The Labute approximate surface area is 402 Å². The zero-order valence-corrected chi connectivity index (χ0v) is 41.5. The van der Waals surface area contributed by atoms with Crippen LogP contribution in [0.4, 0.5) is 28.4 Å². The molecule has 1 aliphatic carbocycles. The summed E-state index contributed by atoms with van der Waals surface area (Å²) >= 11 is 6.27. The number of sulfonamides is 1. The van der Waals surface area contributed by atoms with Crippen LogP contribution < -0.4 is 24.6 Å². The predicted molar refractivity (Wildman–Crippen MR) is 270 cm³/mol. The van der Waals surface area contributed by atoms with Crippen LogP contribution >= 0.6 is 19.4 Å². The molecular weight excluding hydrogens is 927 g/mol. The maximum Gasteiger partial charge on any atom is 0.293 e. The second-order valence-corrected chi connectivity index (χ2v) is 24.5. The number of amides is 1. The largest absolute Gasteiger partial charge is 0.474 e. The van der Waals surface area contributed by atoms with Gasteiger partial charge in [0, 0.05) is 101 Å². The summed E-state index contributed by atoms with van der Waals surface area (Å²) in [7, 11) is -3.30. The zero-order valence-electron chi connectivity index (χ0n) is 39.0. The summed E-state index contributed by atoms with van der Waals surface area (Å²) in [6.07, 6.45) is 4.98. The maximum atomic E-state index is 14.4. The molecule has 0 bridgehead atoms. The molecule has 20 heteroatoms. The number of anilines is 4. The van der Waals surface area contributed by atoms with Crippen molar-refractivity contribution in [3.63, 3.8) is 0 Å². The Hall–Kier alpha value is -5.33. The Morgan fingerprint density at radius 3 is 2.46 bits per heavy atom. The molecule has 17 nitrogen and oxygen atoms in total. The summed E-state index contributed by atoms with van der Waals surface area (Å²) < 4.78 is 40.0. The van der Waals surface area contributed by atoms with E-state index < -0.39 is 39.2 Å². The number of nitro benzene ring substituents is 1. The number of halogens is 1. The first-order chi connectivity index (χ1) is 32.3. The molecule has 0 atom stereocenters. The lowest BCUT2D eigenvalue weighted by molar-refractivity contribution is -0.384. The summed E-state index contributed by atoms with van der Waals surface area (Å²) in [5.41, 5.74) is 6.74. The van der Waals surface area contributed by atoms with Gasteiger partial charge in [-0.15, -0.1) is 9.34 Å². The van der Waals surface area contributed by atoms with Crippen LogP contribution in [0.3, 0.4) is 0 Å². The van der Waals surface area contributed by atoms with Gasteiger partial charge in [-0.1, -0.05) is 43.2 Å². The number of nitrogens with zero attached hydrogens (tertiary/aromatic N) is 7. The fourth-order valence-electron chi connectivity index (χ4n) is 9.86.